The smallest absolute Gasteiger partial charge is 0.0522 e. The molecular weight excluding hydrogens is 246 g/mol. The van der Waals surface area contributed by atoms with Crippen molar-refractivity contribution in [2.24, 2.45) is 0 Å². The highest BCUT2D eigenvalue weighted by Gasteiger charge is 2.17. The molecule has 1 aromatic heterocycles. The lowest BCUT2D eigenvalue weighted by atomic mass is 9.88. The average Bonchev–Trinajstić information content (AvgIpc) is 2.89. The van der Waals surface area contributed by atoms with Gasteiger partial charge in [-0.15, -0.1) is 0 Å². The van der Waals surface area contributed by atoms with Crippen molar-refractivity contribution < 1.29 is 0 Å². The van der Waals surface area contributed by atoms with Gasteiger partial charge in [0.05, 0.1) is 6.20 Å². The van der Waals surface area contributed by atoms with Crippen molar-refractivity contribution in [1.29, 1.82) is 0 Å². The van der Waals surface area contributed by atoms with Gasteiger partial charge in [0, 0.05) is 11.7 Å². The molecule has 0 saturated carbocycles. The predicted octanol–water partition coefficient (Wildman–Crippen LogP) is 2.80. The van der Waals surface area contributed by atoms with E-state index in [1.54, 1.807) is 5.56 Å². The Bertz CT molecular complexity index is 559. The van der Waals surface area contributed by atoms with Gasteiger partial charge in [0.25, 0.3) is 0 Å². The zero-order valence-electron chi connectivity index (χ0n) is 12.2. The monoisotopic (exact) mass is 269 g/mol. The van der Waals surface area contributed by atoms with E-state index in [4.69, 9.17) is 0 Å². The predicted molar refractivity (Wildman–Crippen MR) is 81.9 cm³/mol. The van der Waals surface area contributed by atoms with Gasteiger partial charge in [-0.05, 0) is 62.3 Å². The molecule has 1 aliphatic rings. The number of nitrogens with one attached hydrogen (secondary N) is 2. The molecule has 20 heavy (non-hydrogen) atoms. The first-order chi connectivity index (χ1) is 9.83. The molecule has 3 heteroatoms. The van der Waals surface area contributed by atoms with Crippen LogP contribution < -0.4 is 5.32 Å². The maximum atomic E-state index is 4.07. The summed E-state index contributed by atoms with van der Waals surface area (Å²) in [6.07, 6.45) is 7.90. The number of fused-ring (bicyclic) bond motifs is 1. The van der Waals surface area contributed by atoms with Crippen LogP contribution in [0.4, 0.5) is 0 Å². The van der Waals surface area contributed by atoms with Gasteiger partial charge in [0.15, 0.2) is 0 Å². The number of aromatic amines is 1. The van der Waals surface area contributed by atoms with Gasteiger partial charge in [-0.1, -0.05) is 24.3 Å². The first-order valence-electron chi connectivity index (χ1n) is 7.62. The van der Waals surface area contributed by atoms with Gasteiger partial charge in [-0.3, -0.25) is 5.10 Å². The number of hydrogen-bond donors (Lipinski definition) is 2. The minimum Gasteiger partial charge on any atom is -0.314 e. The van der Waals surface area contributed by atoms with Gasteiger partial charge < -0.3 is 5.32 Å². The van der Waals surface area contributed by atoms with Gasteiger partial charge >= 0.3 is 0 Å². The maximum Gasteiger partial charge on any atom is 0.0522 e. The third kappa shape index (κ3) is 3.10. The lowest BCUT2D eigenvalue weighted by molar-refractivity contribution is 0.454. The number of benzene rings is 1. The molecule has 0 fully saturated rings. The van der Waals surface area contributed by atoms with Crippen molar-refractivity contribution in [3.05, 3.63) is 52.8 Å². The second kappa shape index (κ2) is 6.23. The van der Waals surface area contributed by atoms with Crippen molar-refractivity contribution in [2.75, 3.05) is 6.54 Å². The molecule has 1 heterocycles. The van der Waals surface area contributed by atoms with E-state index in [1.165, 1.54) is 42.5 Å². The molecule has 3 nitrogen and oxygen atoms in total. The van der Waals surface area contributed by atoms with E-state index >= 15 is 0 Å². The highest BCUT2D eigenvalue weighted by Crippen LogP contribution is 2.21. The Morgan fingerprint density at radius 3 is 2.95 bits per heavy atom. The van der Waals surface area contributed by atoms with Crippen LogP contribution in [0.15, 0.2) is 30.5 Å². The molecule has 0 amide bonds. The number of nitrogens with zero attached hydrogens (tertiary/aromatic N) is 1. The Hall–Kier alpha value is -1.61. The van der Waals surface area contributed by atoms with E-state index in [0.29, 0.717) is 6.04 Å². The highest BCUT2D eigenvalue weighted by atomic mass is 15.1. The molecule has 1 unspecified atom stereocenters. The fraction of sp³-hybridized carbons (Fsp3) is 0.471. The van der Waals surface area contributed by atoms with Crippen LogP contribution >= 0.6 is 0 Å². The summed E-state index contributed by atoms with van der Waals surface area (Å²) in [7, 11) is 0. The van der Waals surface area contributed by atoms with Crippen molar-refractivity contribution >= 4 is 0 Å². The van der Waals surface area contributed by atoms with Crippen LogP contribution in [-0.4, -0.2) is 22.8 Å². The number of rotatable bonds is 5. The van der Waals surface area contributed by atoms with Gasteiger partial charge in [-0.2, -0.15) is 5.10 Å². The summed E-state index contributed by atoms with van der Waals surface area (Å²) >= 11 is 0. The van der Waals surface area contributed by atoms with Gasteiger partial charge in [0.2, 0.25) is 0 Å². The molecule has 0 saturated heterocycles. The van der Waals surface area contributed by atoms with E-state index in [9.17, 15) is 0 Å². The van der Waals surface area contributed by atoms with Crippen LogP contribution in [0, 0.1) is 6.92 Å². The molecule has 2 aromatic rings. The summed E-state index contributed by atoms with van der Waals surface area (Å²) < 4.78 is 0. The van der Waals surface area contributed by atoms with E-state index < -0.39 is 0 Å². The van der Waals surface area contributed by atoms with E-state index in [0.717, 1.165) is 13.0 Å². The molecular formula is C17H23N3. The summed E-state index contributed by atoms with van der Waals surface area (Å²) in [6, 6.07) is 9.50. The van der Waals surface area contributed by atoms with Crippen molar-refractivity contribution in [1.82, 2.24) is 15.5 Å². The number of aryl methyl sites for hydroxylation is 3. The van der Waals surface area contributed by atoms with Crippen LogP contribution in [0.1, 0.15) is 35.2 Å². The summed E-state index contributed by atoms with van der Waals surface area (Å²) in [5.41, 5.74) is 5.62. The molecule has 0 bridgehead atoms. The summed E-state index contributed by atoms with van der Waals surface area (Å²) in [4.78, 5) is 0. The van der Waals surface area contributed by atoms with Crippen LogP contribution in [0.3, 0.4) is 0 Å². The van der Waals surface area contributed by atoms with Gasteiger partial charge in [0.1, 0.15) is 0 Å². The second-order valence-electron chi connectivity index (χ2n) is 5.79. The Morgan fingerprint density at radius 2 is 2.15 bits per heavy atom. The van der Waals surface area contributed by atoms with Crippen LogP contribution in [-0.2, 0) is 19.3 Å². The Morgan fingerprint density at radius 1 is 1.30 bits per heavy atom. The number of aromatic nitrogens is 2. The largest absolute Gasteiger partial charge is 0.314 e. The highest BCUT2D eigenvalue weighted by molar-refractivity contribution is 5.30. The standard InChI is InChI=1S/C17H23N3/c1-13-16(12-19-20-13)7-4-10-18-17-9-8-14-5-2-3-6-15(14)11-17/h2-3,5-6,12,17-18H,4,7-11H2,1H3,(H,19,20). The Kier molecular flexibility index (Phi) is 4.16. The maximum absolute atomic E-state index is 4.07. The lowest BCUT2D eigenvalue weighted by Gasteiger charge is -2.25. The fourth-order valence-corrected chi connectivity index (χ4v) is 3.08. The average molecular weight is 269 g/mol. The Balaban J connectivity index is 1.43. The quantitative estimate of drug-likeness (QED) is 0.819. The summed E-state index contributed by atoms with van der Waals surface area (Å²) in [6.45, 7) is 3.19. The topological polar surface area (TPSA) is 40.7 Å². The zero-order chi connectivity index (χ0) is 13.8. The molecule has 0 aliphatic heterocycles. The van der Waals surface area contributed by atoms with Crippen molar-refractivity contribution in [2.45, 2.75) is 45.1 Å². The molecule has 3 rings (SSSR count). The van der Waals surface area contributed by atoms with E-state index in [1.807, 2.05) is 6.20 Å². The van der Waals surface area contributed by atoms with E-state index in [-0.39, 0.29) is 0 Å². The Labute approximate surface area is 120 Å². The molecule has 0 spiro atoms. The lowest BCUT2D eigenvalue weighted by Crippen LogP contribution is -2.35. The van der Waals surface area contributed by atoms with Crippen LogP contribution in [0.25, 0.3) is 0 Å². The molecule has 0 radical (unpaired) electrons. The fourth-order valence-electron chi connectivity index (χ4n) is 3.08. The SMILES string of the molecule is Cc1[nH]ncc1CCCNC1CCc2ccccc2C1. The minimum atomic E-state index is 0.648. The minimum absolute atomic E-state index is 0.648. The molecule has 106 valence electrons. The van der Waals surface area contributed by atoms with Crippen molar-refractivity contribution in [3.8, 4) is 0 Å². The van der Waals surface area contributed by atoms with Crippen LogP contribution in [0.2, 0.25) is 0 Å². The normalized spacial score (nSPS) is 17.9. The zero-order valence-corrected chi connectivity index (χ0v) is 12.2. The van der Waals surface area contributed by atoms with E-state index in [2.05, 4.69) is 46.7 Å². The van der Waals surface area contributed by atoms with Crippen LogP contribution in [0.5, 0.6) is 0 Å². The number of H-pyrrole nitrogens is 1. The third-order valence-electron chi connectivity index (χ3n) is 4.34. The molecule has 1 aromatic carbocycles. The van der Waals surface area contributed by atoms with Crippen molar-refractivity contribution in [3.63, 3.8) is 0 Å². The molecule has 1 atom stereocenters. The van der Waals surface area contributed by atoms with Gasteiger partial charge in [-0.25, -0.2) is 0 Å². The summed E-state index contributed by atoms with van der Waals surface area (Å²) in [5.74, 6) is 0. The molecule has 1 aliphatic carbocycles. The first-order valence-corrected chi connectivity index (χ1v) is 7.62. The second-order valence-corrected chi connectivity index (χ2v) is 5.79. The molecule has 2 N–H and O–H groups in total. The summed E-state index contributed by atoms with van der Waals surface area (Å²) in [5, 5.41) is 10.8. The number of hydrogen-bond acceptors (Lipinski definition) is 2. The first kappa shape index (κ1) is 13.4. The third-order valence-corrected chi connectivity index (χ3v) is 4.34.